The summed E-state index contributed by atoms with van der Waals surface area (Å²) in [6.07, 6.45) is 2.19. The molecule has 1 unspecified atom stereocenters. The predicted molar refractivity (Wildman–Crippen MR) is 104 cm³/mol. The zero-order valence-corrected chi connectivity index (χ0v) is 16.5. The molecule has 1 aromatic rings. The number of ether oxygens (including phenoxy) is 1. The Balaban J connectivity index is 2.77. The molecule has 0 spiro atoms. The summed E-state index contributed by atoms with van der Waals surface area (Å²) in [7, 11) is 0. The molecule has 0 aliphatic heterocycles. The summed E-state index contributed by atoms with van der Waals surface area (Å²) >= 11 is 7.29. The van der Waals surface area contributed by atoms with Gasteiger partial charge >= 0.3 is 5.97 Å². The lowest BCUT2D eigenvalue weighted by Crippen LogP contribution is -2.42. The SMILES string of the molecule is CSCCC(NC(=O)c1ccc(Cl)cc1)C(=O)OCC(=O)/C(C#N)=C(\C)N. The van der Waals surface area contributed by atoms with Crippen LogP contribution in [0.2, 0.25) is 5.02 Å². The van der Waals surface area contributed by atoms with Crippen LogP contribution in [0.3, 0.4) is 0 Å². The maximum atomic E-state index is 12.3. The third-order valence-electron chi connectivity index (χ3n) is 3.44. The van der Waals surface area contributed by atoms with Crippen LogP contribution in [0.1, 0.15) is 23.7 Å². The Hall–Kier alpha value is -2.50. The van der Waals surface area contributed by atoms with Gasteiger partial charge in [0.25, 0.3) is 5.91 Å². The highest BCUT2D eigenvalue weighted by molar-refractivity contribution is 7.98. The number of nitriles is 1. The second kappa shape index (κ2) is 11.3. The first-order valence-electron chi connectivity index (χ1n) is 7.91. The molecule has 0 aliphatic carbocycles. The summed E-state index contributed by atoms with van der Waals surface area (Å²) in [5.41, 5.74) is 5.58. The summed E-state index contributed by atoms with van der Waals surface area (Å²) in [5.74, 6) is -1.32. The van der Waals surface area contributed by atoms with E-state index in [9.17, 15) is 14.4 Å². The zero-order valence-electron chi connectivity index (χ0n) is 15.0. The molecule has 0 fully saturated rings. The van der Waals surface area contributed by atoms with E-state index in [1.807, 2.05) is 6.26 Å². The normalized spacial score (nSPS) is 12.4. The van der Waals surface area contributed by atoms with E-state index in [-0.39, 0.29) is 11.3 Å². The first kappa shape index (κ1) is 22.5. The van der Waals surface area contributed by atoms with Crippen LogP contribution in [0, 0.1) is 11.3 Å². The van der Waals surface area contributed by atoms with Crippen LogP contribution in [0.25, 0.3) is 0 Å². The number of nitrogens with two attached hydrogens (primary N) is 1. The molecule has 0 heterocycles. The van der Waals surface area contributed by atoms with Gasteiger partial charge in [0.2, 0.25) is 5.78 Å². The lowest BCUT2D eigenvalue weighted by atomic mass is 10.1. The molecule has 3 N–H and O–H groups in total. The number of carbonyl (C=O) groups is 3. The largest absolute Gasteiger partial charge is 0.456 e. The van der Waals surface area contributed by atoms with Crippen molar-refractivity contribution in [1.82, 2.24) is 5.32 Å². The van der Waals surface area contributed by atoms with Crippen molar-refractivity contribution in [2.45, 2.75) is 19.4 Å². The number of Topliss-reactive ketones (excluding diaryl/α,β-unsaturated/α-hetero) is 1. The monoisotopic (exact) mass is 409 g/mol. The number of esters is 1. The lowest BCUT2D eigenvalue weighted by Gasteiger charge is -2.17. The Kier molecular flexibility index (Phi) is 9.40. The molecule has 0 aliphatic rings. The fraction of sp³-hybridized carbons (Fsp3) is 0.333. The number of nitrogens with zero attached hydrogens (tertiary/aromatic N) is 1. The van der Waals surface area contributed by atoms with E-state index in [0.29, 0.717) is 22.8 Å². The van der Waals surface area contributed by atoms with Crippen LogP contribution in [-0.2, 0) is 14.3 Å². The number of ketones is 1. The fourth-order valence-electron chi connectivity index (χ4n) is 2.01. The molecule has 7 nitrogen and oxygen atoms in total. The van der Waals surface area contributed by atoms with Crippen molar-refractivity contribution < 1.29 is 19.1 Å². The number of nitrogens with one attached hydrogen (secondary N) is 1. The maximum absolute atomic E-state index is 12.3. The minimum absolute atomic E-state index is 0.0496. The molecular formula is C18H20ClN3O4S. The van der Waals surface area contributed by atoms with Gasteiger partial charge in [0.15, 0.2) is 6.61 Å². The van der Waals surface area contributed by atoms with Crippen molar-refractivity contribution in [2.24, 2.45) is 5.73 Å². The van der Waals surface area contributed by atoms with E-state index in [4.69, 9.17) is 27.3 Å². The van der Waals surface area contributed by atoms with Gasteiger partial charge in [-0.05, 0) is 49.6 Å². The van der Waals surface area contributed by atoms with Gasteiger partial charge in [-0.3, -0.25) is 9.59 Å². The van der Waals surface area contributed by atoms with Gasteiger partial charge < -0.3 is 15.8 Å². The van der Waals surface area contributed by atoms with Gasteiger partial charge in [0, 0.05) is 16.3 Å². The second-order valence-electron chi connectivity index (χ2n) is 5.52. The molecule has 9 heteroatoms. The molecule has 0 bridgehead atoms. The second-order valence-corrected chi connectivity index (χ2v) is 6.94. The number of carbonyl (C=O) groups excluding carboxylic acids is 3. The number of benzene rings is 1. The van der Waals surface area contributed by atoms with Crippen molar-refractivity contribution in [3.63, 3.8) is 0 Å². The minimum Gasteiger partial charge on any atom is -0.456 e. The highest BCUT2D eigenvalue weighted by atomic mass is 35.5. The van der Waals surface area contributed by atoms with Crippen molar-refractivity contribution in [3.05, 3.63) is 46.1 Å². The molecule has 1 aromatic carbocycles. The van der Waals surface area contributed by atoms with E-state index in [0.717, 1.165) is 0 Å². The Bertz CT molecular complexity index is 768. The van der Waals surface area contributed by atoms with Gasteiger partial charge in [0.1, 0.15) is 17.7 Å². The smallest absolute Gasteiger partial charge is 0.329 e. The number of hydrogen-bond donors (Lipinski definition) is 2. The summed E-state index contributed by atoms with van der Waals surface area (Å²) in [6.45, 7) is 0.786. The number of amides is 1. The zero-order chi connectivity index (χ0) is 20.4. The van der Waals surface area contributed by atoms with Gasteiger partial charge in [-0.25, -0.2) is 4.79 Å². The molecule has 0 saturated heterocycles. The molecular weight excluding hydrogens is 390 g/mol. The highest BCUT2D eigenvalue weighted by Crippen LogP contribution is 2.11. The average molecular weight is 410 g/mol. The summed E-state index contributed by atoms with van der Waals surface area (Å²) in [6, 6.07) is 6.95. The average Bonchev–Trinajstić information content (AvgIpc) is 2.63. The van der Waals surface area contributed by atoms with Crippen LogP contribution in [0.4, 0.5) is 0 Å². The number of rotatable bonds is 9. The number of hydrogen-bond acceptors (Lipinski definition) is 7. The summed E-state index contributed by atoms with van der Waals surface area (Å²) < 4.78 is 4.98. The summed E-state index contributed by atoms with van der Waals surface area (Å²) in [5, 5.41) is 12.0. The Morgan fingerprint density at radius 3 is 2.48 bits per heavy atom. The van der Waals surface area contributed by atoms with Crippen LogP contribution in [-0.4, -0.2) is 42.3 Å². The predicted octanol–water partition coefficient (Wildman–Crippen LogP) is 2.06. The molecule has 0 radical (unpaired) electrons. The molecule has 1 amide bonds. The molecule has 0 aromatic heterocycles. The van der Waals surface area contributed by atoms with Crippen LogP contribution in [0.15, 0.2) is 35.5 Å². The van der Waals surface area contributed by atoms with Gasteiger partial charge in [-0.15, -0.1) is 0 Å². The highest BCUT2D eigenvalue weighted by Gasteiger charge is 2.24. The Labute approximate surface area is 166 Å². The van der Waals surface area contributed by atoms with Crippen molar-refractivity contribution in [2.75, 3.05) is 18.6 Å². The fourth-order valence-corrected chi connectivity index (χ4v) is 2.60. The molecule has 27 heavy (non-hydrogen) atoms. The van der Waals surface area contributed by atoms with Gasteiger partial charge in [-0.1, -0.05) is 11.6 Å². The molecule has 1 atom stereocenters. The number of thioether (sulfide) groups is 1. The summed E-state index contributed by atoms with van der Waals surface area (Å²) in [4.78, 5) is 36.5. The molecule has 1 rings (SSSR count). The maximum Gasteiger partial charge on any atom is 0.329 e. The van der Waals surface area contributed by atoms with E-state index < -0.39 is 30.3 Å². The topological polar surface area (TPSA) is 122 Å². The van der Waals surface area contributed by atoms with Crippen LogP contribution in [0.5, 0.6) is 0 Å². The first-order valence-corrected chi connectivity index (χ1v) is 9.69. The molecule has 0 saturated carbocycles. The van der Waals surface area contributed by atoms with Gasteiger partial charge in [0.05, 0.1) is 0 Å². The quantitative estimate of drug-likeness (QED) is 0.363. The Morgan fingerprint density at radius 2 is 1.96 bits per heavy atom. The van der Waals surface area contributed by atoms with Crippen molar-refractivity contribution in [3.8, 4) is 6.07 Å². The molecule has 144 valence electrons. The van der Waals surface area contributed by atoms with Crippen molar-refractivity contribution in [1.29, 1.82) is 5.26 Å². The first-order chi connectivity index (χ1) is 12.8. The minimum atomic E-state index is -0.929. The Morgan fingerprint density at radius 1 is 1.33 bits per heavy atom. The number of halogens is 1. The van der Waals surface area contributed by atoms with E-state index in [2.05, 4.69) is 5.32 Å². The number of allylic oxidation sites excluding steroid dienone is 1. The van der Waals surface area contributed by atoms with E-state index in [1.54, 1.807) is 18.2 Å². The third-order valence-corrected chi connectivity index (χ3v) is 4.33. The standard InChI is InChI=1S/C18H20ClN3O4S/c1-11(21)14(9-20)16(23)10-26-18(25)15(7-8-27-2)22-17(24)12-3-5-13(19)6-4-12/h3-6,15H,7-8,10,21H2,1-2H3,(H,22,24)/b14-11+. The van der Waals surface area contributed by atoms with Crippen molar-refractivity contribution >= 4 is 41.0 Å². The van der Waals surface area contributed by atoms with Gasteiger partial charge in [-0.2, -0.15) is 17.0 Å². The van der Waals surface area contributed by atoms with Crippen LogP contribution < -0.4 is 11.1 Å². The lowest BCUT2D eigenvalue weighted by molar-refractivity contribution is -0.149. The van der Waals surface area contributed by atoms with E-state index >= 15 is 0 Å². The van der Waals surface area contributed by atoms with Crippen LogP contribution >= 0.6 is 23.4 Å². The van der Waals surface area contributed by atoms with E-state index in [1.165, 1.54) is 30.8 Å². The third kappa shape index (κ3) is 7.33.